The molecular weight excluding hydrogens is 773 g/mol. The van der Waals surface area contributed by atoms with Crippen molar-refractivity contribution in [2.45, 2.75) is 56.7 Å². The van der Waals surface area contributed by atoms with Gasteiger partial charge in [0.05, 0.1) is 54.3 Å². The summed E-state index contributed by atoms with van der Waals surface area (Å²) in [6.45, 7) is 2.00. The van der Waals surface area contributed by atoms with Crippen molar-refractivity contribution in [3.05, 3.63) is 77.7 Å². The van der Waals surface area contributed by atoms with Gasteiger partial charge in [-0.05, 0) is 62.4 Å². The first-order valence-electron chi connectivity index (χ1n) is 20.2. The van der Waals surface area contributed by atoms with E-state index in [0.717, 1.165) is 28.6 Å². The van der Waals surface area contributed by atoms with Crippen molar-refractivity contribution in [3.8, 4) is 0 Å². The Bertz CT molecular complexity index is 2330. The number of aromatic nitrogens is 3. The summed E-state index contributed by atoms with van der Waals surface area (Å²) in [5.74, 6) is -1.46. The predicted octanol–water partition coefficient (Wildman–Crippen LogP) is 2.86. The zero-order valence-corrected chi connectivity index (χ0v) is 33.1. The lowest BCUT2D eigenvalue weighted by Crippen LogP contribution is -2.54. The standard InChI is InChI=1S/C42H46N10O8/c1-51(14-16-60-18-17-59-15-13-44-31-4-2-3-28-37(31)42(58)52(41(28)57)33-8-10-36(53)50-39(33)55)40(56)25-19-27(20-25)47-38(54)29-23-45-35(21-32(29)46-26-6-7-26)49-34-9-5-24-22-43-12-11-30(24)48-34/h2-5,9,11-12,21-23,25-27,33,44H,6-8,10,13-20H2,1H3,(H,47,54)(H,50,53,55)(H2,45,46,48,49)/t25-,27-,33?. The number of nitrogens with one attached hydrogen (secondary N) is 5. The molecule has 5 heterocycles. The molecule has 1 atom stereocenters. The number of hydrogen-bond acceptors (Lipinski definition) is 14. The Morgan fingerprint density at radius 3 is 2.52 bits per heavy atom. The molecule has 1 aromatic carbocycles. The molecule has 18 nitrogen and oxygen atoms in total. The molecule has 2 aliphatic heterocycles. The van der Waals surface area contributed by atoms with E-state index in [0.29, 0.717) is 87.0 Å². The lowest BCUT2D eigenvalue weighted by atomic mass is 9.79. The van der Waals surface area contributed by atoms with Gasteiger partial charge >= 0.3 is 0 Å². The molecule has 8 rings (SSSR count). The number of piperidine rings is 1. The smallest absolute Gasteiger partial charge is 0.264 e. The van der Waals surface area contributed by atoms with Gasteiger partial charge in [-0.1, -0.05) is 6.07 Å². The van der Waals surface area contributed by atoms with E-state index < -0.39 is 29.7 Å². The van der Waals surface area contributed by atoms with Crippen molar-refractivity contribution >= 4 is 69.4 Å². The van der Waals surface area contributed by atoms with E-state index >= 15 is 0 Å². The Kier molecular flexibility index (Phi) is 11.9. The molecule has 312 valence electrons. The summed E-state index contributed by atoms with van der Waals surface area (Å²) in [6.07, 6.45) is 8.32. The molecule has 2 aliphatic carbocycles. The van der Waals surface area contributed by atoms with E-state index in [4.69, 9.17) is 9.47 Å². The molecule has 0 bridgehead atoms. The number of likely N-dealkylation sites (N-methyl/N-ethyl adjacent to an activating group) is 1. The molecule has 0 spiro atoms. The zero-order valence-electron chi connectivity index (χ0n) is 33.1. The minimum atomic E-state index is -1.03. The molecule has 5 N–H and O–H groups in total. The van der Waals surface area contributed by atoms with E-state index in [1.54, 1.807) is 48.7 Å². The normalized spacial score (nSPS) is 19.7. The highest BCUT2D eigenvalue weighted by Gasteiger charge is 2.45. The summed E-state index contributed by atoms with van der Waals surface area (Å²) in [5.41, 5.74) is 2.79. The second-order valence-corrected chi connectivity index (χ2v) is 15.3. The Hall–Kier alpha value is -6.53. The number of imide groups is 2. The van der Waals surface area contributed by atoms with Gasteiger partial charge in [0.25, 0.3) is 17.7 Å². The first-order valence-corrected chi connectivity index (χ1v) is 20.2. The number of ether oxygens (including phenoxy) is 2. The third-order valence-corrected chi connectivity index (χ3v) is 11.0. The minimum absolute atomic E-state index is 0.00553. The van der Waals surface area contributed by atoms with Crippen LogP contribution in [-0.2, 0) is 23.9 Å². The molecule has 4 aliphatic rings. The second kappa shape index (κ2) is 17.8. The maximum absolute atomic E-state index is 13.4. The topological polar surface area (TPSA) is 226 Å². The number of benzene rings is 1. The Labute approximate surface area is 345 Å². The number of nitrogens with zero attached hydrogens (tertiary/aromatic N) is 5. The highest BCUT2D eigenvalue weighted by atomic mass is 16.5. The van der Waals surface area contributed by atoms with Gasteiger partial charge in [0.15, 0.2) is 0 Å². The van der Waals surface area contributed by atoms with Crippen LogP contribution in [0.3, 0.4) is 0 Å². The van der Waals surface area contributed by atoms with Gasteiger partial charge in [-0.2, -0.15) is 0 Å². The van der Waals surface area contributed by atoms with Crippen molar-refractivity contribution in [2.24, 2.45) is 5.92 Å². The third-order valence-electron chi connectivity index (χ3n) is 11.0. The fourth-order valence-electron chi connectivity index (χ4n) is 7.50. The molecule has 3 fully saturated rings. The van der Waals surface area contributed by atoms with Crippen LogP contribution >= 0.6 is 0 Å². The van der Waals surface area contributed by atoms with E-state index in [9.17, 15) is 28.8 Å². The third kappa shape index (κ3) is 9.03. The summed E-state index contributed by atoms with van der Waals surface area (Å²) in [5, 5.41) is 16.0. The van der Waals surface area contributed by atoms with Crippen LogP contribution in [0.1, 0.15) is 69.6 Å². The fraction of sp³-hybridized carbons (Fsp3) is 0.405. The van der Waals surface area contributed by atoms with Crippen LogP contribution in [0, 0.1) is 5.92 Å². The maximum atomic E-state index is 13.4. The number of anilines is 4. The van der Waals surface area contributed by atoms with Crippen molar-refractivity contribution in [1.82, 2.24) is 35.4 Å². The van der Waals surface area contributed by atoms with Gasteiger partial charge in [-0.3, -0.25) is 44.0 Å². The number of amides is 6. The van der Waals surface area contributed by atoms with Crippen LogP contribution < -0.4 is 26.6 Å². The Balaban J connectivity index is 0.715. The zero-order chi connectivity index (χ0) is 41.8. The van der Waals surface area contributed by atoms with Crippen molar-refractivity contribution in [2.75, 3.05) is 62.5 Å². The SMILES string of the molecule is CN(CCOCCOCCNc1cccc2c1C(=O)N(C1CCC(=O)NC1=O)C2=O)C(=O)[C@H]1C[C@H](NC(=O)c2cnc(Nc3ccc4cnccc4n3)cc2NC2CC2)C1. The number of pyridine rings is 3. The van der Waals surface area contributed by atoms with Crippen LogP contribution in [0.2, 0.25) is 0 Å². The van der Waals surface area contributed by atoms with E-state index in [-0.39, 0.29) is 47.7 Å². The van der Waals surface area contributed by atoms with Gasteiger partial charge in [-0.15, -0.1) is 0 Å². The Morgan fingerprint density at radius 2 is 1.72 bits per heavy atom. The molecule has 6 amide bonds. The number of carbonyl (C=O) groups excluding carboxylic acids is 6. The van der Waals surface area contributed by atoms with Crippen LogP contribution in [0.4, 0.5) is 23.0 Å². The van der Waals surface area contributed by atoms with Crippen molar-refractivity contribution < 1.29 is 38.2 Å². The van der Waals surface area contributed by atoms with Crippen LogP contribution in [0.15, 0.2) is 61.1 Å². The quantitative estimate of drug-likeness (QED) is 0.0720. The summed E-state index contributed by atoms with van der Waals surface area (Å²) in [7, 11) is 1.74. The predicted molar refractivity (Wildman–Crippen MR) is 219 cm³/mol. The molecule has 4 aromatic rings. The van der Waals surface area contributed by atoms with Gasteiger partial charge in [-0.25, -0.2) is 9.97 Å². The molecule has 1 unspecified atom stereocenters. The summed E-state index contributed by atoms with van der Waals surface area (Å²) >= 11 is 0. The van der Waals surface area contributed by atoms with E-state index in [2.05, 4.69) is 41.5 Å². The molecule has 1 saturated heterocycles. The minimum Gasteiger partial charge on any atom is -0.382 e. The largest absolute Gasteiger partial charge is 0.382 e. The fourth-order valence-corrected chi connectivity index (χ4v) is 7.50. The van der Waals surface area contributed by atoms with Crippen molar-refractivity contribution in [3.63, 3.8) is 0 Å². The molecule has 18 heteroatoms. The van der Waals surface area contributed by atoms with E-state index in [1.807, 2.05) is 24.3 Å². The van der Waals surface area contributed by atoms with Crippen LogP contribution in [-0.4, -0.2) is 125 Å². The van der Waals surface area contributed by atoms with Gasteiger partial charge in [0.1, 0.15) is 17.7 Å². The molecule has 3 aromatic heterocycles. The lowest BCUT2D eigenvalue weighted by molar-refractivity contribution is -0.138. The molecule has 0 radical (unpaired) electrons. The Morgan fingerprint density at radius 1 is 0.900 bits per heavy atom. The number of carbonyl (C=O) groups is 6. The molecule has 60 heavy (non-hydrogen) atoms. The number of fused-ring (bicyclic) bond motifs is 2. The summed E-state index contributed by atoms with van der Waals surface area (Å²) < 4.78 is 11.4. The van der Waals surface area contributed by atoms with Crippen LogP contribution in [0.25, 0.3) is 10.9 Å². The second-order valence-electron chi connectivity index (χ2n) is 15.3. The summed E-state index contributed by atoms with van der Waals surface area (Å²) in [4.78, 5) is 92.5. The average Bonchev–Trinajstić information content (AvgIpc) is 4.01. The van der Waals surface area contributed by atoms with Gasteiger partial charge < -0.3 is 35.6 Å². The number of hydrogen-bond donors (Lipinski definition) is 5. The van der Waals surface area contributed by atoms with Gasteiger partial charge in [0, 0.05) is 80.3 Å². The highest BCUT2D eigenvalue weighted by molar-refractivity contribution is 6.25. The number of rotatable bonds is 18. The van der Waals surface area contributed by atoms with Crippen LogP contribution in [0.5, 0.6) is 0 Å². The first kappa shape index (κ1) is 40.3. The molecular formula is C42H46N10O8. The van der Waals surface area contributed by atoms with E-state index in [1.165, 1.54) is 0 Å². The first-order chi connectivity index (χ1) is 29.1. The van der Waals surface area contributed by atoms with Crippen molar-refractivity contribution in [1.29, 1.82) is 0 Å². The monoisotopic (exact) mass is 818 g/mol. The maximum Gasteiger partial charge on any atom is 0.264 e. The summed E-state index contributed by atoms with van der Waals surface area (Å²) in [6, 6.07) is 11.5. The lowest BCUT2D eigenvalue weighted by Gasteiger charge is -2.37. The molecule has 2 saturated carbocycles. The highest BCUT2D eigenvalue weighted by Crippen LogP contribution is 2.34. The average molecular weight is 819 g/mol. The van der Waals surface area contributed by atoms with Gasteiger partial charge in [0.2, 0.25) is 17.7 Å².